The first-order valence-electron chi connectivity index (χ1n) is 5.98. The number of hydroxylamine groups is 2. The number of hydrogen-bond acceptors (Lipinski definition) is 5. The fourth-order valence-electron chi connectivity index (χ4n) is 1.74. The van der Waals surface area contributed by atoms with Gasteiger partial charge in [-0.15, -0.1) is 0 Å². The molecule has 0 aromatic rings. The Morgan fingerprint density at radius 1 is 1.74 bits per heavy atom. The van der Waals surface area contributed by atoms with Crippen LogP contribution < -0.4 is 0 Å². The molecule has 0 aromatic carbocycles. The van der Waals surface area contributed by atoms with Crippen LogP contribution in [0.15, 0.2) is 4.99 Å². The third-order valence-corrected chi connectivity index (χ3v) is 3.01. The first-order valence-corrected chi connectivity index (χ1v) is 5.98. The number of hydrogen-bond donors (Lipinski definition) is 0. The molecule has 3 atom stereocenters. The van der Waals surface area contributed by atoms with Gasteiger partial charge >= 0.3 is 106 Å². The van der Waals surface area contributed by atoms with Gasteiger partial charge in [-0.2, -0.15) is 0 Å². The topological polar surface area (TPSA) is 82.8 Å². The summed E-state index contributed by atoms with van der Waals surface area (Å²) >= 11 is 0. The van der Waals surface area contributed by atoms with Crippen molar-refractivity contribution >= 4 is 19.2 Å². The second-order valence-corrected chi connectivity index (χ2v) is 4.20. The van der Waals surface area contributed by atoms with Gasteiger partial charge < -0.3 is 0 Å². The molecule has 104 valence electrons. The van der Waals surface area contributed by atoms with Crippen LogP contribution in [0.1, 0.15) is 34.1 Å². The summed E-state index contributed by atoms with van der Waals surface area (Å²) in [4.78, 5) is 21.4. The van der Waals surface area contributed by atoms with Gasteiger partial charge in [0.15, 0.2) is 0 Å². The molecule has 19 heavy (non-hydrogen) atoms. The standard InChI is InChI=1S/C11H16BN3O3.CH4/c1-3-8(2)10(14-7-12-17)11(16)15-9(6-13)4-5-18-15;/h7-10H,3-5H2,1-2H3;1H4/t8?,9?,10-;/m0./s1. The van der Waals surface area contributed by atoms with Gasteiger partial charge in [0.2, 0.25) is 0 Å². The van der Waals surface area contributed by atoms with Gasteiger partial charge in [-0.25, -0.2) is 0 Å². The molecule has 0 spiro atoms. The van der Waals surface area contributed by atoms with Gasteiger partial charge in [0, 0.05) is 0 Å². The Bertz CT molecular complexity index is 381. The molecular weight excluding hydrogens is 245 g/mol. The van der Waals surface area contributed by atoms with Gasteiger partial charge in [-0.05, 0) is 0 Å². The van der Waals surface area contributed by atoms with Crippen molar-refractivity contribution < 1.29 is 14.3 Å². The van der Waals surface area contributed by atoms with Crippen LogP contribution >= 0.6 is 0 Å². The molecule has 2 unspecified atom stereocenters. The number of nitriles is 1. The molecule has 1 aliphatic rings. The van der Waals surface area contributed by atoms with E-state index in [0.29, 0.717) is 20.2 Å². The molecule has 0 aromatic heterocycles. The predicted molar refractivity (Wildman–Crippen MR) is 71.7 cm³/mol. The number of carbonyl (C=O) groups excluding carboxylic acids is 1. The Balaban J connectivity index is 0.00000324. The van der Waals surface area contributed by atoms with Crippen LogP contribution in [-0.2, 0) is 14.3 Å². The van der Waals surface area contributed by atoms with E-state index in [1.807, 2.05) is 19.9 Å². The third-order valence-electron chi connectivity index (χ3n) is 3.01. The summed E-state index contributed by atoms with van der Waals surface area (Å²) in [6, 6.07) is 0.790. The molecule has 0 bridgehead atoms. The Labute approximate surface area is 114 Å². The van der Waals surface area contributed by atoms with Crippen LogP contribution in [0.3, 0.4) is 0 Å². The summed E-state index contributed by atoms with van der Waals surface area (Å²) in [5.74, 6) is -0.372. The number of amides is 1. The Morgan fingerprint density at radius 2 is 2.42 bits per heavy atom. The summed E-state index contributed by atoms with van der Waals surface area (Å²) in [5, 5.41) is 10.0. The average molecular weight is 265 g/mol. The van der Waals surface area contributed by atoms with Crippen LogP contribution in [0.4, 0.5) is 0 Å². The maximum atomic E-state index is 12.2. The zero-order valence-corrected chi connectivity index (χ0v) is 10.6. The van der Waals surface area contributed by atoms with Gasteiger partial charge in [0.25, 0.3) is 0 Å². The second-order valence-electron chi connectivity index (χ2n) is 4.20. The molecule has 0 saturated carbocycles. The molecule has 1 saturated heterocycles. The quantitative estimate of drug-likeness (QED) is 0.551. The van der Waals surface area contributed by atoms with E-state index >= 15 is 0 Å². The fraction of sp³-hybridized carbons (Fsp3) is 0.750. The zero-order chi connectivity index (χ0) is 13.5. The summed E-state index contributed by atoms with van der Waals surface area (Å²) in [6.45, 7) is 4.17. The fourth-order valence-corrected chi connectivity index (χ4v) is 1.74. The predicted octanol–water partition coefficient (Wildman–Crippen LogP) is 1.17. The Hall–Kier alpha value is -1.55. The molecular formula is C12H20BN3O3. The molecule has 1 rings (SSSR count). The molecule has 1 aliphatic heterocycles. The number of aliphatic imine (C=N–C) groups is 1. The van der Waals surface area contributed by atoms with E-state index in [1.54, 1.807) is 0 Å². The average Bonchev–Trinajstić information content (AvgIpc) is 2.86. The van der Waals surface area contributed by atoms with Crippen LogP contribution in [0, 0.1) is 17.2 Å². The Morgan fingerprint density at radius 3 is 2.95 bits per heavy atom. The van der Waals surface area contributed by atoms with Crippen molar-refractivity contribution in [3.8, 4) is 6.07 Å². The number of nitrogens with zero attached hydrogens (tertiary/aromatic N) is 3. The van der Waals surface area contributed by atoms with Crippen LogP contribution in [-0.4, -0.2) is 42.9 Å². The van der Waals surface area contributed by atoms with Crippen LogP contribution in [0.25, 0.3) is 0 Å². The van der Waals surface area contributed by atoms with Crippen LogP contribution in [0.5, 0.6) is 0 Å². The van der Waals surface area contributed by atoms with E-state index in [4.69, 9.17) is 10.1 Å². The van der Waals surface area contributed by atoms with E-state index in [9.17, 15) is 9.50 Å². The minimum absolute atomic E-state index is 0. The molecule has 1 heterocycles. The van der Waals surface area contributed by atoms with E-state index < -0.39 is 12.1 Å². The van der Waals surface area contributed by atoms with Crippen molar-refractivity contribution in [2.75, 3.05) is 6.61 Å². The van der Waals surface area contributed by atoms with E-state index in [-0.39, 0.29) is 19.3 Å². The normalized spacial score (nSPS) is 21.3. The summed E-state index contributed by atoms with van der Waals surface area (Å²) < 4.78 is 10.3. The second kappa shape index (κ2) is 8.54. The summed E-state index contributed by atoms with van der Waals surface area (Å²) in [6.07, 6.45) is 2.33. The third kappa shape index (κ3) is 4.25. The van der Waals surface area contributed by atoms with Crippen molar-refractivity contribution in [2.45, 2.75) is 46.2 Å². The minimum atomic E-state index is -0.672. The van der Waals surface area contributed by atoms with E-state index in [0.717, 1.165) is 17.6 Å². The molecule has 7 heteroatoms. The summed E-state index contributed by atoms with van der Waals surface area (Å²) in [5.41, 5.74) is 0. The van der Waals surface area contributed by atoms with E-state index in [2.05, 4.69) is 4.99 Å². The van der Waals surface area contributed by atoms with Crippen molar-refractivity contribution in [2.24, 2.45) is 10.9 Å². The molecule has 1 fully saturated rings. The first kappa shape index (κ1) is 17.5. The number of rotatable bonds is 5. The SMILES string of the molecule is C.CCC(C)[C@H](N=CB=O)C(=O)N1OCCC1C#N. The van der Waals surface area contributed by atoms with Crippen molar-refractivity contribution in [3.63, 3.8) is 0 Å². The van der Waals surface area contributed by atoms with Crippen molar-refractivity contribution in [1.82, 2.24) is 5.06 Å². The van der Waals surface area contributed by atoms with Crippen LogP contribution in [0.2, 0.25) is 0 Å². The Kier molecular flexibility index (Phi) is 7.84. The molecule has 0 radical (unpaired) electrons. The molecule has 6 nitrogen and oxygen atoms in total. The number of carbonyl (C=O) groups is 1. The van der Waals surface area contributed by atoms with Gasteiger partial charge in [0.05, 0.1) is 0 Å². The summed E-state index contributed by atoms with van der Waals surface area (Å²) in [7, 11) is 0.537. The zero-order valence-electron chi connectivity index (χ0n) is 10.6. The molecule has 0 aliphatic carbocycles. The first-order chi connectivity index (χ1) is 8.65. The molecule has 1 amide bonds. The maximum absolute atomic E-state index is 12.2. The van der Waals surface area contributed by atoms with Gasteiger partial charge in [-0.3, -0.25) is 0 Å². The van der Waals surface area contributed by atoms with Gasteiger partial charge in [-0.1, -0.05) is 7.43 Å². The van der Waals surface area contributed by atoms with E-state index in [1.165, 1.54) is 0 Å². The van der Waals surface area contributed by atoms with Crippen molar-refractivity contribution in [3.05, 3.63) is 0 Å². The van der Waals surface area contributed by atoms with Gasteiger partial charge in [0.1, 0.15) is 0 Å². The van der Waals surface area contributed by atoms with Crippen molar-refractivity contribution in [1.29, 1.82) is 5.26 Å². The monoisotopic (exact) mass is 265 g/mol. The molecule has 0 N–H and O–H groups in total.